The molecular formula is C23H24FN2O3+. The van der Waals surface area contributed by atoms with Crippen molar-refractivity contribution in [3.8, 4) is 5.75 Å². The van der Waals surface area contributed by atoms with Gasteiger partial charge in [0.1, 0.15) is 12.3 Å². The number of furan rings is 1. The molecule has 1 aromatic heterocycles. The Balaban J connectivity index is 1.25. The topological polar surface area (TPSA) is 47.1 Å². The quantitative estimate of drug-likeness (QED) is 0.741. The molecule has 6 heteroatoms. The van der Waals surface area contributed by atoms with E-state index in [9.17, 15) is 9.18 Å². The van der Waals surface area contributed by atoms with E-state index in [0.717, 1.165) is 38.4 Å². The lowest BCUT2D eigenvalue weighted by Gasteiger charge is -2.32. The van der Waals surface area contributed by atoms with Crippen molar-refractivity contribution in [2.45, 2.75) is 19.9 Å². The van der Waals surface area contributed by atoms with E-state index in [1.165, 1.54) is 22.1 Å². The second kappa shape index (κ2) is 7.19. The van der Waals surface area contributed by atoms with Crippen molar-refractivity contribution >= 4 is 16.9 Å². The lowest BCUT2D eigenvalue weighted by molar-refractivity contribution is -0.917. The van der Waals surface area contributed by atoms with Crippen LogP contribution >= 0.6 is 0 Å². The summed E-state index contributed by atoms with van der Waals surface area (Å²) in [6.07, 6.45) is 0.984. The van der Waals surface area contributed by atoms with Gasteiger partial charge in [-0.15, -0.1) is 0 Å². The van der Waals surface area contributed by atoms with E-state index < -0.39 is 5.82 Å². The number of hydrogen-bond donors (Lipinski definition) is 1. The molecule has 2 aliphatic rings. The highest BCUT2D eigenvalue weighted by atomic mass is 19.1. The summed E-state index contributed by atoms with van der Waals surface area (Å²) in [5.41, 5.74) is 3.48. The normalized spacial score (nSPS) is 16.8. The van der Waals surface area contributed by atoms with Crippen molar-refractivity contribution in [3.63, 3.8) is 0 Å². The molecule has 0 saturated carbocycles. The van der Waals surface area contributed by atoms with Gasteiger partial charge in [-0.1, -0.05) is 12.1 Å². The first-order valence-electron chi connectivity index (χ1n) is 10.2. The molecule has 0 atom stereocenters. The predicted molar refractivity (Wildman–Crippen MR) is 107 cm³/mol. The first kappa shape index (κ1) is 18.2. The lowest BCUT2D eigenvalue weighted by atomic mass is 10.1. The number of hydrogen-bond acceptors (Lipinski definition) is 3. The van der Waals surface area contributed by atoms with E-state index >= 15 is 0 Å². The molecule has 2 aromatic carbocycles. The Kier molecular flexibility index (Phi) is 4.51. The summed E-state index contributed by atoms with van der Waals surface area (Å²) < 4.78 is 25.2. The Labute approximate surface area is 168 Å². The van der Waals surface area contributed by atoms with Gasteiger partial charge in [-0.2, -0.15) is 0 Å². The van der Waals surface area contributed by atoms with Crippen LogP contribution in [0.25, 0.3) is 11.0 Å². The van der Waals surface area contributed by atoms with Crippen LogP contribution in [-0.2, 0) is 13.0 Å². The fraction of sp³-hybridized carbons (Fsp3) is 0.348. The third kappa shape index (κ3) is 3.27. The van der Waals surface area contributed by atoms with Gasteiger partial charge in [0.15, 0.2) is 17.2 Å². The molecular weight excluding hydrogens is 371 g/mol. The standard InChI is InChI=1S/C23H23FN2O3/c1-15-18-3-2-4-19(24)22(18)29-21(15)23(27)26-10-8-25(9-11-26)14-16-5-6-20-17(13-16)7-12-28-20/h2-6,13H,7-12,14H2,1H3/p+1. The molecule has 1 amide bonds. The Morgan fingerprint density at radius 1 is 1.21 bits per heavy atom. The fourth-order valence-corrected chi connectivity index (χ4v) is 4.40. The average molecular weight is 395 g/mol. The number of nitrogens with zero attached hydrogens (tertiary/aromatic N) is 1. The molecule has 1 fully saturated rings. The number of rotatable bonds is 3. The van der Waals surface area contributed by atoms with Gasteiger partial charge in [0.25, 0.3) is 5.91 Å². The number of para-hydroxylation sites is 1. The zero-order valence-corrected chi connectivity index (χ0v) is 16.5. The number of amides is 1. The summed E-state index contributed by atoms with van der Waals surface area (Å²) in [4.78, 5) is 16.3. The number of aryl methyl sites for hydroxylation is 1. The van der Waals surface area contributed by atoms with Crippen molar-refractivity contribution in [1.82, 2.24) is 4.90 Å². The number of halogens is 1. The van der Waals surface area contributed by atoms with Gasteiger partial charge in [0.05, 0.1) is 32.8 Å². The molecule has 1 saturated heterocycles. The summed E-state index contributed by atoms with van der Waals surface area (Å²) >= 11 is 0. The zero-order valence-electron chi connectivity index (χ0n) is 16.5. The number of fused-ring (bicyclic) bond motifs is 2. The largest absolute Gasteiger partial charge is 0.493 e. The van der Waals surface area contributed by atoms with E-state index in [4.69, 9.17) is 9.15 Å². The minimum Gasteiger partial charge on any atom is -0.493 e. The van der Waals surface area contributed by atoms with Gasteiger partial charge in [0.2, 0.25) is 0 Å². The van der Waals surface area contributed by atoms with Crippen LogP contribution in [-0.4, -0.2) is 43.6 Å². The van der Waals surface area contributed by atoms with Crippen LogP contribution in [0.5, 0.6) is 5.75 Å². The maximum Gasteiger partial charge on any atom is 0.290 e. The molecule has 2 aliphatic heterocycles. The minimum atomic E-state index is -0.432. The molecule has 0 bridgehead atoms. The SMILES string of the molecule is Cc1c(C(=O)N2CC[NH+](Cc3ccc4c(c3)CCO4)CC2)oc2c(F)cccc12. The van der Waals surface area contributed by atoms with E-state index in [-0.39, 0.29) is 17.3 Å². The highest BCUT2D eigenvalue weighted by Crippen LogP contribution is 2.28. The van der Waals surface area contributed by atoms with Crippen LogP contribution in [0.4, 0.5) is 4.39 Å². The van der Waals surface area contributed by atoms with E-state index in [0.29, 0.717) is 24.0 Å². The van der Waals surface area contributed by atoms with Crippen molar-refractivity contribution in [1.29, 1.82) is 0 Å². The van der Waals surface area contributed by atoms with Gasteiger partial charge in [-0.05, 0) is 36.8 Å². The minimum absolute atomic E-state index is 0.146. The Hall–Kier alpha value is -2.86. The molecule has 0 aliphatic carbocycles. The van der Waals surface area contributed by atoms with Gasteiger partial charge in [-0.25, -0.2) is 4.39 Å². The zero-order chi connectivity index (χ0) is 20.0. The molecule has 0 unspecified atom stereocenters. The fourth-order valence-electron chi connectivity index (χ4n) is 4.40. The molecule has 3 heterocycles. The maximum absolute atomic E-state index is 14.0. The molecule has 3 aromatic rings. The summed E-state index contributed by atoms with van der Waals surface area (Å²) in [5, 5.41) is 0.665. The molecule has 5 rings (SSSR count). The number of quaternary nitrogens is 1. The number of ether oxygens (including phenoxy) is 1. The molecule has 5 nitrogen and oxygen atoms in total. The Morgan fingerprint density at radius 3 is 2.83 bits per heavy atom. The van der Waals surface area contributed by atoms with Gasteiger partial charge in [0, 0.05) is 22.9 Å². The first-order valence-corrected chi connectivity index (χ1v) is 10.2. The van der Waals surface area contributed by atoms with Crippen LogP contribution in [0.15, 0.2) is 40.8 Å². The predicted octanol–water partition coefficient (Wildman–Crippen LogP) is 2.36. The van der Waals surface area contributed by atoms with Crippen LogP contribution in [0.3, 0.4) is 0 Å². The molecule has 0 radical (unpaired) electrons. The number of carbonyl (C=O) groups excluding carboxylic acids is 1. The van der Waals surface area contributed by atoms with E-state index in [1.54, 1.807) is 12.1 Å². The summed E-state index contributed by atoms with van der Waals surface area (Å²) in [5.74, 6) is 0.689. The maximum atomic E-state index is 14.0. The highest BCUT2D eigenvalue weighted by Gasteiger charge is 2.29. The van der Waals surface area contributed by atoms with E-state index in [1.807, 2.05) is 11.8 Å². The molecule has 1 N–H and O–H groups in total. The molecule has 150 valence electrons. The van der Waals surface area contributed by atoms with Crippen molar-refractivity contribution < 1.29 is 23.2 Å². The van der Waals surface area contributed by atoms with Crippen molar-refractivity contribution in [2.24, 2.45) is 0 Å². The second-order valence-electron chi connectivity index (χ2n) is 7.93. The Morgan fingerprint density at radius 2 is 2.03 bits per heavy atom. The average Bonchev–Trinajstić information content (AvgIpc) is 3.33. The smallest absolute Gasteiger partial charge is 0.290 e. The third-order valence-corrected chi connectivity index (χ3v) is 6.08. The summed E-state index contributed by atoms with van der Waals surface area (Å²) in [7, 11) is 0. The summed E-state index contributed by atoms with van der Waals surface area (Å²) in [6.45, 7) is 6.64. The van der Waals surface area contributed by atoms with Crippen molar-refractivity contribution in [3.05, 3.63) is 64.7 Å². The van der Waals surface area contributed by atoms with Crippen LogP contribution < -0.4 is 9.64 Å². The van der Waals surface area contributed by atoms with Gasteiger partial charge >= 0.3 is 0 Å². The van der Waals surface area contributed by atoms with Crippen LogP contribution in [0.2, 0.25) is 0 Å². The second-order valence-corrected chi connectivity index (χ2v) is 7.93. The van der Waals surface area contributed by atoms with Crippen LogP contribution in [0, 0.1) is 12.7 Å². The monoisotopic (exact) mass is 395 g/mol. The number of piperazine rings is 1. The Bertz CT molecular complexity index is 1080. The molecule has 0 spiro atoms. The number of benzene rings is 2. The number of nitrogens with one attached hydrogen (secondary N) is 1. The lowest BCUT2D eigenvalue weighted by Crippen LogP contribution is -3.13. The van der Waals surface area contributed by atoms with Gasteiger partial charge in [-0.3, -0.25) is 4.79 Å². The first-order chi connectivity index (χ1) is 14.1. The van der Waals surface area contributed by atoms with Gasteiger partial charge < -0.3 is 19.0 Å². The highest BCUT2D eigenvalue weighted by molar-refractivity contribution is 5.99. The number of carbonyl (C=O) groups is 1. The van der Waals surface area contributed by atoms with Crippen molar-refractivity contribution in [2.75, 3.05) is 32.8 Å². The third-order valence-electron chi connectivity index (χ3n) is 6.08. The van der Waals surface area contributed by atoms with Crippen LogP contribution in [0.1, 0.15) is 27.2 Å². The summed E-state index contributed by atoms with van der Waals surface area (Å²) in [6, 6.07) is 11.2. The molecule has 29 heavy (non-hydrogen) atoms. The van der Waals surface area contributed by atoms with E-state index in [2.05, 4.69) is 18.2 Å².